The van der Waals surface area contributed by atoms with Gasteiger partial charge >= 0.3 is 0 Å². The van der Waals surface area contributed by atoms with Gasteiger partial charge < -0.3 is 0 Å². The number of benzene rings is 1. The Labute approximate surface area is 96.5 Å². The first kappa shape index (κ1) is 11.2. The zero-order valence-electron chi connectivity index (χ0n) is 9.51. The van der Waals surface area contributed by atoms with Crippen LogP contribution >= 0.6 is 0 Å². The topological polar surface area (TPSA) is 0 Å². The van der Waals surface area contributed by atoms with Crippen LogP contribution in [-0.2, 0) is 0 Å². The standard InChI is InChI=1S/C15H17F/c1-2-15(12-6-4-3-5-7-12)13-8-10-14(16)11-9-13/h8-12H,1,3-7H2. The summed E-state index contributed by atoms with van der Waals surface area (Å²) in [6.45, 7) is 3.78. The van der Waals surface area contributed by atoms with Crippen molar-refractivity contribution in [3.8, 4) is 0 Å². The van der Waals surface area contributed by atoms with Gasteiger partial charge in [-0.1, -0.05) is 38.0 Å². The summed E-state index contributed by atoms with van der Waals surface area (Å²) in [5.74, 6) is 0.382. The third-order valence-electron chi connectivity index (χ3n) is 3.36. The molecule has 1 aliphatic carbocycles. The molecule has 16 heavy (non-hydrogen) atoms. The van der Waals surface area contributed by atoms with Gasteiger partial charge in [-0.3, -0.25) is 0 Å². The summed E-state index contributed by atoms with van der Waals surface area (Å²) >= 11 is 0. The smallest absolute Gasteiger partial charge is 0.123 e. The van der Waals surface area contributed by atoms with Gasteiger partial charge in [0.1, 0.15) is 5.82 Å². The highest BCUT2D eigenvalue weighted by atomic mass is 19.1. The molecule has 1 aliphatic rings. The van der Waals surface area contributed by atoms with Gasteiger partial charge in [0.25, 0.3) is 0 Å². The Morgan fingerprint density at radius 3 is 2.31 bits per heavy atom. The monoisotopic (exact) mass is 216 g/mol. The molecule has 0 nitrogen and oxygen atoms in total. The van der Waals surface area contributed by atoms with Gasteiger partial charge in [0.05, 0.1) is 0 Å². The molecule has 0 spiro atoms. The average molecular weight is 216 g/mol. The van der Waals surface area contributed by atoms with Gasteiger partial charge in [-0.2, -0.15) is 0 Å². The molecule has 0 atom stereocenters. The number of halogens is 1. The van der Waals surface area contributed by atoms with E-state index in [0.29, 0.717) is 5.92 Å². The molecule has 0 saturated heterocycles. The average Bonchev–Trinajstić information content (AvgIpc) is 2.34. The van der Waals surface area contributed by atoms with Crippen molar-refractivity contribution in [1.82, 2.24) is 0 Å². The third-order valence-corrected chi connectivity index (χ3v) is 3.36. The molecule has 2 rings (SSSR count). The highest BCUT2D eigenvalue weighted by Crippen LogP contribution is 2.34. The highest BCUT2D eigenvalue weighted by molar-refractivity contribution is 5.66. The van der Waals surface area contributed by atoms with Crippen molar-refractivity contribution in [3.05, 3.63) is 48.0 Å². The Balaban J connectivity index is 2.22. The Hall–Kier alpha value is -1.33. The Morgan fingerprint density at radius 1 is 1.12 bits per heavy atom. The lowest BCUT2D eigenvalue weighted by molar-refractivity contribution is 0.429. The normalized spacial score (nSPS) is 16.8. The Bertz CT molecular complexity index is 390. The van der Waals surface area contributed by atoms with E-state index in [1.54, 1.807) is 0 Å². The second-order valence-corrected chi connectivity index (χ2v) is 4.43. The van der Waals surface area contributed by atoms with Crippen LogP contribution in [0.1, 0.15) is 37.7 Å². The molecular formula is C15H17F. The van der Waals surface area contributed by atoms with E-state index in [1.807, 2.05) is 12.1 Å². The van der Waals surface area contributed by atoms with Crippen molar-refractivity contribution >= 4 is 5.57 Å². The van der Waals surface area contributed by atoms with Gasteiger partial charge in [0.15, 0.2) is 0 Å². The van der Waals surface area contributed by atoms with E-state index in [1.165, 1.54) is 49.8 Å². The van der Waals surface area contributed by atoms with Gasteiger partial charge in [-0.25, -0.2) is 4.39 Å². The van der Waals surface area contributed by atoms with E-state index in [0.717, 1.165) is 5.56 Å². The maximum absolute atomic E-state index is 12.9. The van der Waals surface area contributed by atoms with Gasteiger partial charge in [-0.05, 0) is 36.5 Å². The highest BCUT2D eigenvalue weighted by Gasteiger charge is 2.18. The number of hydrogen-bond acceptors (Lipinski definition) is 0. The van der Waals surface area contributed by atoms with E-state index in [9.17, 15) is 4.39 Å². The predicted octanol–water partition coefficient (Wildman–Crippen LogP) is 4.57. The van der Waals surface area contributed by atoms with E-state index >= 15 is 0 Å². The molecule has 1 aromatic rings. The van der Waals surface area contributed by atoms with Crippen molar-refractivity contribution in [1.29, 1.82) is 0 Å². The summed E-state index contributed by atoms with van der Waals surface area (Å²) in [5.41, 5.74) is 5.29. The molecule has 0 bridgehead atoms. The molecule has 0 heterocycles. The molecule has 0 amide bonds. The first-order valence-corrected chi connectivity index (χ1v) is 5.97. The van der Waals surface area contributed by atoms with Crippen LogP contribution in [0.2, 0.25) is 0 Å². The van der Waals surface area contributed by atoms with Crippen LogP contribution in [0.5, 0.6) is 0 Å². The minimum atomic E-state index is -0.184. The largest absolute Gasteiger partial charge is 0.207 e. The lowest BCUT2D eigenvalue weighted by Gasteiger charge is -2.23. The first-order chi connectivity index (χ1) is 7.81. The van der Waals surface area contributed by atoms with Crippen LogP contribution in [0.3, 0.4) is 0 Å². The van der Waals surface area contributed by atoms with Crippen molar-refractivity contribution < 1.29 is 4.39 Å². The SMILES string of the molecule is C=C=C(c1ccc(F)cc1)C1CCCCC1. The molecule has 0 aliphatic heterocycles. The van der Waals surface area contributed by atoms with Crippen LogP contribution in [0.15, 0.2) is 36.6 Å². The van der Waals surface area contributed by atoms with Crippen molar-refractivity contribution in [2.75, 3.05) is 0 Å². The molecule has 1 heteroatoms. The van der Waals surface area contributed by atoms with Crippen molar-refractivity contribution in [2.24, 2.45) is 5.92 Å². The van der Waals surface area contributed by atoms with E-state index in [-0.39, 0.29) is 5.82 Å². The number of allylic oxidation sites excluding steroid dienone is 1. The van der Waals surface area contributed by atoms with E-state index < -0.39 is 0 Å². The zero-order valence-corrected chi connectivity index (χ0v) is 9.51. The molecule has 0 aromatic heterocycles. The quantitative estimate of drug-likeness (QED) is 0.635. The molecule has 84 valence electrons. The summed E-state index contributed by atoms with van der Waals surface area (Å²) < 4.78 is 12.9. The van der Waals surface area contributed by atoms with Crippen molar-refractivity contribution in [2.45, 2.75) is 32.1 Å². The van der Waals surface area contributed by atoms with E-state index in [4.69, 9.17) is 0 Å². The molecule has 1 aromatic carbocycles. The van der Waals surface area contributed by atoms with Gasteiger partial charge in [0, 0.05) is 5.57 Å². The second-order valence-electron chi connectivity index (χ2n) is 4.43. The zero-order chi connectivity index (χ0) is 11.4. The van der Waals surface area contributed by atoms with Crippen LogP contribution in [-0.4, -0.2) is 0 Å². The number of rotatable bonds is 2. The van der Waals surface area contributed by atoms with Crippen LogP contribution < -0.4 is 0 Å². The number of hydrogen-bond donors (Lipinski definition) is 0. The summed E-state index contributed by atoms with van der Waals surface area (Å²) in [7, 11) is 0. The Kier molecular flexibility index (Phi) is 3.58. The van der Waals surface area contributed by atoms with E-state index in [2.05, 4.69) is 12.3 Å². The fraction of sp³-hybridized carbons (Fsp3) is 0.400. The molecule has 0 N–H and O–H groups in total. The predicted molar refractivity (Wildman–Crippen MR) is 65.5 cm³/mol. The second kappa shape index (κ2) is 5.14. The van der Waals surface area contributed by atoms with Gasteiger partial charge in [-0.15, -0.1) is 5.73 Å². The first-order valence-electron chi connectivity index (χ1n) is 5.97. The summed E-state index contributed by atoms with van der Waals surface area (Å²) in [4.78, 5) is 0. The minimum Gasteiger partial charge on any atom is -0.207 e. The van der Waals surface area contributed by atoms with Crippen LogP contribution in [0, 0.1) is 11.7 Å². The molecule has 0 radical (unpaired) electrons. The lowest BCUT2D eigenvalue weighted by atomic mass is 9.81. The fourth-order valence-electron chi connectivity index (χ4n) is 2.50. The van der Waals surface area contributed by atoms with Crippen molar-refractivity contribution in [3.63, 3.8) is 0 Å². The third kappa shape index (κ3) is 2.43. The maximum atomic E-state index is 12.9. The summed E-state index contributed by atoms with van der Waals surface area (Å²) in [6.07, 6.45) is 6.35. The van der Waals surface area contributed by atoms with Crippen LogP contribution in [0.4, 0.5) is 4.39 Å². The lowest BCUT2D eigenvalue weighted by Crippen LogP contribution is -2.08. The fourth-order valence-corrected chi connectivity index (χ4v) is 2.50. The van der Waals surface area contributed by atoms with Crippen LogP contribution in [0.25, 0.3) is 5.57 Å². The minimum absolute atomic E-state index is 0.184. The molecule has 1 fully saturated rings. The maximum Gasteiger partial charge on any atom is 0.123 e. The molecular weight excluding hydrogens is 199 g/mol. The van der Waals surface area contributed by atoms with Gasteiger partial charge in [0.2, 0.25) is 0 Å². The Morgan fingerprint density at radius 2 is 1.75 bits per heavy atom. The summed E-state index contributed by atoms with van der Waals surface area (Å²) in [5, 5.41) is 0. The summed E-state index contributed by atoms with van der Waals surface area (Å²) in [6, 6.07) is 6.68. The molecule has 0 unspecified atom stereocenters. The molecule has 1 saturated carbocycles.